The zero-order valence-electron chi connectivity index (χ0n) is 16.2. The molecule has 3 rings (SSSR count). The molecule has 3 amide bonds. The summed E-state index contributed by atoms with van der Waals surface area (Å²) in [6.07, 6.45) is 0.606. The predicted octanol–water partition coefficient (Wildman–Crippen LogP) is 1.54. The fourth-order valence-corrected chi connectivity index (χ4v) is 3.03. The number of aryl methyl sites for hydroxylation is 1. The maximum Gasteiger partial charge on any atom is 0.261 e. The van der Waals surface area contributed by atoms with Gasteiger partial charge in [-0.3, -0.25) is 19.3 Å². The van der Waals surface area contributed by atoms with E-state index in [0.29, 0.717) is 23.4 Å². The van der Waals surface area contributed by atoms with E-state index in [0.717, 1.165) is 11.5 Å². The van der Waals surface area contributed by atoms with Crippen molar-refractivity contribution in [3.8, 4) is 0 Å². The summed E-state index contributed by atoms with van der Waals surface area (Å²) in [4.78, 5) is 48.5. The van der Waals surface area contributed by atoms with Crippen LogP contribution < -0.4 is 10.2 Å². The molecule has 28 heavy (non-hydrogen) atoms. The first kappa shape index (κ1) is 19.5. The third kappa shape index (κ3) is 4.16. The summed E-state index contributed by atoms with van der Waals surface area (Å²) in [5, 5.41) is 2.79. The van der Waals surface area contributed by atoms with E-state index < -0.39 is 0 Å². The summed E-state index contributed by atoms with van der Waals surface area (Å²) in [7, 11) is 3.78. The Hall–Kier alpha value is -3.29. The first-order chi connectivity index (χ1) is 13.4. The molecule has 146 valence electrons. The molecule has 2 heterocycles. The second-order valence-corrected chi connectivity index (χ2v) is 6.87. The molecule has 0 saturated heterocycles. The van der Waals surface area contributed by atoms with E-state index in [1.54, 1.807) is 24.3 Å². The van der Waals surface area contributed by atoms with Crippen molar-refractivity contribution in [2.45, 2.75) is 26.3 Å². The number of aromatic nitrogens is 2. The minimum atomic E-state index is -0.301. The second-order valence-electron chi connectivity index (χ2n) is 6.87. The largest absolute Gasteiger partial charge is 0.363 e. The molecule has 1 N–H and O–H groups in total. The van der Waals surface area contributed by atoms with Gasteiger partial charge in [-0.25, -0.2) is 9.97 Å². The number of fused-ring (bicyclic) bond motifs is 1. The van der Waals surface area contributed by atoms with Gasteiger partial charge < -0.3 is 10.2 Å². The number of amides is 3. The monoisotopic (exact) mass is 381 g/mol. The van der Waals surface area contributed by atoms with Gasteiger partial charge in [0.05, 0.1) is 17.7 Å². The number of nitrogens with zero attached hydrogens (tertiary/aromatic N) is 4. The maximum atomic E-state index is 12.3. The topological polar surface area (TPSA) is 95.5 Å². The fraction of sp³-hybridized carbons (Fsp3) is 0.350. The van der Waals surface area contributed by atoms with Crippen molar-refractivity contribution >= 4 is 23.5 Å². The molecule has 1 aromatic heterocycles. The predicted molar refractivity (Wildman–Crippen MR) is 104 cm³/mol. The van der Waals surface area contributed by atoms with Crippen LogP contribution in [0.4, 0.5) is 5.82 Å². The molecule has 8 nitrogen and oxygen atoms in total. The molecule has 0 aliphatic carbocycles. The van der Waals surface area contributed by atoms with Crippen LogP contribution in [-0.2, 0) is 11.3 Å². The first-order valence-corrected chi connectivity index (χ1v) is 9.10. The molecular formula is C20H23N5O3. The number of rotatable bonds is 7. The lowest BCUT2D eigenvalue weighted by Crippen LogP contribution is -2.32. The number of carbonyl (C=O) groups excluding carboxylic acids is 3. The molecule has 8 heteroatoms. The molecular weight excluding hydrogens is 358 g/mol. The van der Waals surface area contributed by atoms with Crippen LogP contribution in [0.5, 0.6) is 0 Å². The highest BCUT2D eigenvalue weighted by molar-refractivity contribution is 6.21. The van der Waals surface area contributed by atoms with Crippen molar-refractivity contribution in [1.82, 2.24) is 20.2 Å². The van der Waals surface area contributed by atoms with Gasteiger partial charge in [-0.05, 0) is 25.5 Å². The molecule has 2 aromatic rings. The zero-order valence-corrected chi connectivity index (χ0v) is 16.2. The molecule has 1 aliphatic rings. The van der Waals surface area contributed by atoms with Gasteiger partial charge in [-0.15, -0.1) is 0 Å². The van der Waals surface area contributed by atoms with Gasteiger partial charge >= 0.3 is 0 Å². The van der Waals surface area contributed by atoms with Gasteiger partial charge in [-0.1, -0.05) is 12.1 Å². The number of anilines is 1. The normalized spacial score (nSPS) is 12.9. The molecule has 0 fully saturated rings. The van der Waals surface area contributed by atoms with Crippen LogP contribution in [0.1, 0.15) is 45.1 Å². The number of benzene rings is 1. The number of hydrogen-bond acceptors (Lipinski definition) is 6. The van der Waals surface area contributed by atoms with Crippen molar-refractivity contribution in [1.29, 1.82) is 0 Å². The molecule has 0 bridgehead atoms. The SMILES string of the molecule is Cc1cc(N(C)C)nc(CNC(=O)CCCN2C(=O)c3ccccc3C2=O)n1. The standard InChI is InChI=1S/C20H23N5O3/c1-13-11-17(24(2)3)23-16(22-13)12-21-18(26)9-6-10-25-19(27)14-7-4-5-8-15(14)20(25)28/h4-5,7-8,11H,6,9-10,12H2,1-3H3,(H,21,26). The van der Waals surface area contributed by atoms with Crippen LogP contribution in [0.3, 0.4) is 0 Å². The van der Waals surface area contributed by atoms with Crippen LogP contribution in [0, 0.1) is 6.92 Å². The molecule has 1 aromatic carbocycles. The Kier molecular flexibility index (Phi) is 5.67. The van der Waals surface area contributed by atoms with Crippen LogP contribution in [0.25, 0.3) is 0 Å². The van der Waals surface area contributed by atoms with Crippen molar-refractivity contribution < 1.29 is 14.4 Å². The third-order valence-corrected chi connectivity index (χ3v) is 4.45. The van der Waals surface area contributed by atoms with E-state index in [2.05, 4.69) is 15.3 Å². The van der Waals surface area contributed by atoms with E-state index in [1.165, 1.54) is 4.90 Å². The van der Waals surface area contributed by atoms with E-state index in [9.17, 15) is 14.4 Å². The Morgan fingerprint density at radius 3 is 2.36 bits per heavy atom. The lowest BCUT2D eigenvalue weighted by Gasteiger charge is -2.14. The summed E-state index contributed by atoms with van der Waals surface area (Å²) in [5.74, 6) is 0.545. The van der Waals surface area contributed by atoms with Gasteiger partial charge in [0.15, 0.2) is 0 Å². The number of imide groups is 1. The smallest absolute Gasteiger partial charge is 0.261 e. The quantitative estimate of drug-likeness (QED) is 0.731. The summed E-state index contributed by atoms with van der Waals surface area (Å²) in [6, 6.07) is 8.62. The van der Waals surface area contributed by atoms with Crippen molar-refractivity contribution in [3.05, 3.63) is 53.0 Å². The van der Waals surface area contributed by atoms with Gasteiger partial charge in [0.25, 0.3) is 11.8 Å². The van der Waals surface area contributed by atoms with Gasteiger partial charge in [0, 0.05) is 38.8 Å². The summed E-state index contributed by atoms with van der Waals surface area (Å²) >= 11 is 0. The highest BCUT2D eigenvalue weighted by Crippen LogP contribution is 2.22. The fourth-order valence-electron chi connectivity index (χ4n) is 3.03. The Balaban J connectivity index is 1.48. The van der Waals surface area contributed by atoms with Gasteiger partial charge in [-0.2, -0.15) is 0 Å². The molecule has 0 radical (unpaired) electrons. The minimum Gasteiger partial charge on any atom is -0.363 e. The van der Waals surface area contributed by atoms with Crippen molar-refractivity contribution in [2.75, 3.05) is 25.5 Å². The van der Waals surface area contributed by atoms with Crippen molar-refractivity contribution in [3.63, 3.8) is 0 Å². The third-order valence-electron chi connectivity index (χ3n) is 4.45. The van der Waals surface area contributed by atoms with Crippen LogP contribution in [0.15, 0.2) is 30.3 Å². The molecule has 0 atom stereocenters. The van der Waals surface area contributed by atoms with Gasteiger partial charge in [0.2, 0.25) is 5.91 Å². The van der Waals surface area contributed by atoms with E-state index in [4.69, 9.17) is 0 Å². The van der Waals surface area contributed by atoms with Crippen LogP contribution in [0.2, 0.25) is 0 Å². The molecule has 0 saturated carbocycles. The summed E-state index contributed by atoms with van der Waals surface area (Å²) in [6.45, 7) is 2.32. The highest BCUT2D eigenvalue weighted by atomic mass is 16.2. The van der Waals surface area contributed by atoms with Gasteiger partial charge in [0.1, 0.15) is 11.6 Å². The number of nitrogens with one attached hydrogen (secondary N) is 1. The van der Waals surface area contributed by atoms with E-state index >= 15 is 0 Å². The summed E-state index contributed by atoms with van der Waals surface area (Å²) < 4.78 is 0. The molecule has 0 spiro atoms. The maximum absolute atomic E-state index is 12.3. The van der Waals surface area contributed by atoms with Crippen LogP contribution in [-0.4, -0.2) is 53.2 Å². The number of hydrogen-bond donors (Lipinski definition) is 1. The zero-order chi connectivity index (χ0) is 20.3. The summed E-state index contributed by atoms with van der Waals surface area (Å²) in [5.41, 5.74) is 1.67. The molecule has 1 aliphatic heterocycles. The second kappa shape index (κ2) is 8.16. The van der Waals surface area contributed by atoms with Crippen molar-refractivity contribution in [2.24, 2.45) is 0 Å². The highest BCUT2D eigenvalue weighted by Gasteiger charge is 2.34. The lowest BCUT2D eigenvalue weighted by atomic mass is 10.1. The Morgan fingerprint density at radius 1 is 1.11 bits per heavy atom. The minimum absolute atomic E-state index is 0.173. The van der Waals surface area contributed by atoms with E-state index in [1.807, 2.05) is 32.0 Å². The Labute approximate surface area is 163 Å². The average molecular weight is 381 g/mol. The first-order valence-electron chi connectivity index (χ1n) is 9.10. The average Bonchev–Trinajstić information content (AvgIpc) is 2.91. The molecule has 0 unspecified atom stereocenters. The lowest BCUT2D eigenvalue weighted by molar-refractivity contribution is -0.121. The Morgan fingerprint density at radius 2 is 1.75 bits per heavy atom. The number of carbonyl (C=O) groups is 3. The van der Waals surface area contributed by atoms with E-state index in [-0.39, 0.29) is 37.2 Å². The Bertz CT molecular complexity index is 891. The van der Waals surface area contributed by atoms with Crippen LogP contribution >= 0.6 is 0 Å².